The summed E-state index contributed by atoms with van der Waals surface area (Å²) in [5.74, 6) is 1.70. The number of allylic oxidation sites excluding steroid dienone is 2. The van der Waals surface area contributed by atoms with E-state index in [4.69, 9.17) is 14.5 Å². The van der Waals surface area contributed by atoms with Gasteiger partial charge in [-0.05, 0) is 72.9 Å². The zero-order valence-electron chi connectivity index (χ0n) is 15.9. The summed E-state index contributed by atoms with van der Waals surface area (Å²) in [6.45, 7) is 4.55. The van der Waals surface area contributed by atoms with Gasteiger partial charge >= 0.3 is 0 Å². The van der Waals surface area contributed by atoms with E-state index < -0.39 is 0 Å². The number of nitrogens with one attached hydrogen (secondary N) is 1. The molecule has 0 saturated heterocycles. The van der Waals surface area contributed by atoms with Gasteiger partial charge < -0.3 is 14.8 Å². The van der Waals surface area contributed by atoms with Crippen LogP contribution in [0, 0.1) is 5.41 Å². The van der Waals surface area contributed by atoms with Gasteiger partial charge in [0.2, 0.25) is 0 Å². The highest BCUT2D eigenvalue weighted by molar-refractivity contribution is 5.99. The molecule has 2 aromatic rings. The van der Waals surface area contributed by atoms with Crippen molar-refractivity contribution in [2.75, 3.05) is 19.5 Å². The minimum Gasteiger partial charge on any atom is -0.497 e. The van der Waals surface area contributed by atoms with Gasteiger partial charge in [0.1, 0.15) is 11.5 Å². The van der Waals surface area contributed by atoms with Gasteiger partial charge in [-0.15, -0.1) is 0 Å². The van der Waals surface area contributed by atoms with Gasteiger partial charge in [-0.1, -0.05) is 13.8 Å². The molecule has 1 aliphatic rings. The number of hydrogen-bond acceptors (Lipinski definition) is 4. The lowest BCUT2D eigenvalue weighted by atomic mass is 9.78. The molecular weight excluding hydrogens is 324 g/mol. The summed E-state index contributed by atoms with van der Waals surface area (Å²) in [5.41, 5.74) is 4.42. The molecule has 4 heteroatoms. The molecule has 0 saturated carbocycles. The summed E-state index contributed by atoms with van der Waals surface area (Å²) in [6.07, 6.45) is 4.10. The van der Waals surface area contributed by atoms with Crippen LogP contribution < -0.4 is 14.8 Å². The third-order valence-corrected chi connectivity index (χ3v) is 4.41. The normalized spacial score (nSPS) is 17.5. The number of aliphatic imine (C=N–C) groups is 1. The van der Waals surface area contributed by atoms with Crippen LogP contribution in [0.2, 0.25) is 0 Å². The highest BCUT2D eigenvalue weighted by Gasteiger charge is 2.26. The smallest absolute Gasteiger partial charge is 0.119 e. The molecule has 0 amide bonds. The molecule has 0 spiro atoms. The Labute approximate surface area is 155 Å². The van der Waals surface area contributed by atoms with Crippen LogP contribution in [0.25, 0.3) is 0 Å². The first kappa shape index (κ1) is 18.1. The minimum atomic E-state index is 0.162. The number of methoxy groups -OCH3 is 2. The summed E-state index contributed by atoms with van der Waals surface area (Å²) < 4.78 is 10.4. The molecule has 0 radical (unpaired) electrons. The first-order valence-corrected chi connectivity index (χ1v) is 8.81. The van der Waals surface area contributed by atoms with Gasteiger partial charge in [0.05, 0.1) is 19.9 Å². The van der Waals surface area contributed by atoms with E-state index in [-0.39, 0.29) is 5.41 Å². The molecule has 3 rings (SSSR count). The lowest BCUT2D eigenvalue weighted by Crippen LogP contribution is -2.24. The fourth-order valence-corrected chi connectivity index (χ4v) is 3.21. The van der Waals surface area contributed by atoms with Crippen LogP contribution in [0.1, 0.15) is 26.7 Å². The maximum Gasteiger partial charge on any atom is 0.119 e. The van der Waals surface area contributed by atoms with Crippen molar-refractivity contribution in [3.63, 3.8) is 0 Å². The monoisotopic (exact) mass is 350 g/mol. The molecule has 1 N–H and O–H groups in total. The molecule has 0 atom stereocenters. The lowest BCUT2D eigenvalue weighted by molar-refractivity contribution is 0.374. The zero-order chi connectivity index (χ0) is 18.6. The largest absolute Gasteiger partial charge is 0.497 e. The Balaban J connectivity index is 1.82. The minimum absolute atomic E-state index is 0.162. The summed E-state index contributed by atoms with van der Waals surface area (Å²) >= 11 is 0. The van der Waals surface area contributed by atoms with Crippen LogP contribution in [0.3, 0.4) is 0 Å². The molecule has 0 unspecified atom stereocenters. The first-order chi connectivity index (χ1) is 12.5. The number of benzene rings is 2. The third-order valence-electron chi connectivity index (χ3n) is 4.41. The predicted molar refractivity (Wildman–Crippen MR) is 108 cm³/mol. The fraction of sp³-hybridized carbons (Fsp3) is 0.318. The van der Waals surface area contributed by atoms with Gasteiger partial charge in [-0.25, -0.2) is 0 Å². The van der Waals surface area contributed by atoms with Crippen LogP contribution in [-0.4, -0.2) is 19.9 Å². The molecule has 0 fully saturated rings. The van der Waals surface area contributed by atoms with Crippen LogP contribution in [0.5, 0.6) is 11.5 Å². The van der Waals surface area contributed by atoms with E-state index in [0.29, 0.717) is 0 Å². The van der Waals surface area contributed by atoms with Crippen molar-refractivity contribution in [1.29, 1.82) is 0 Å². The predicted octanol–water partition coefficient (Wildman–Crippen LogP) is 5.59. The van der Waals surface area contributed by atoms with E-state index in [2.05, 4.69) is 25.2 Å². The number of nitrogens with zero attached hydrogens (tertiary/aromatic N) is 1. The second-order valence-electron chi connectivity index (χ2n) is 7.34. The average Bonchev–Trinajstić information content (AvgIpc) is 2.61. The molecule has 136 valence electrons. The number of ether oxygens (including phenoxy) is 2. The molecule has 2 aromatic carbocycles. The topological polar surface area (TPSA) is 42.8 Å². The van der Waals surface area contributed by atoms with Crippen molar-refractivity contribution in [3.8, 4) is 11.5 Å². The van der Waals surface area contributed by atoms with Gasteiger partial charge in [0, 0.05) is 17.1 Å². The number of rotatable bonds is 5. The second-order valence-corrected chi connectivity index (χ2v) is 7.34. The summed E-state index contributed by atoms with van der Waals surface area (Å²) in [5, 5.41) is 3.53. The molecule has 4 nitrogen and oxygen atoms in total. The molecule has 0 bridgehead atoms. The fourth-order valence-electron chi connectivity index (χ4n) is 3.21. The Kier molecular flexibility index (Phi) is 5.31. The highest BCUT2D eigenvalue weighted by Crippen LogP contribution is 2.35. The summed E-state index contributed by atoms with van der Waals surface area (Å²) in [4.78, 5) is 4.83. The molecule has 0 aliphatic heterocycles. The standard InChI is InChI=1S/C22H26N2O2/c1-22(2)14-18(23-16-5-9-20(25-3)10-6-16)13-19(15-22)24-17-7-11-21(26-4)12-8-17/h5-13,23H,14-15H2,1-4H3. The van der Waals surface area contributed by atoms with Crippen LogP contribution >= 0.6 is 0 Å². The van der Waals surface area contributed by atoms with Crippen LogP contribution in [0.15, 0.2) is 65.3 Å². The van der Waals surface area contributed by atoms with Crippen LogP contribution in [0.4, 0.5) is 11.4 Å². The van der Waals surface area contributed by atoms with E-state index in [9.17, 15) is 0 Å². The maximum atomic E-state index is 5.22. The van der Waals surface area contributed by atoms with Crippen molar-refractivity contribution in [2.45, 2.75) is 26.7 Å². The van der Waals surface area contributed by atoms with E-state index in [1.807, 2.05) is 48.5 Å². The Bertz CT molecular complexity index is 803. The van der Waals surface area contributed by atoms with Gasteiger partial charge in [0.25, 0.3) is 0 Å². The first-order valence-electron chi connectivity index (χ1n) is 8.81. The zero-order valence-corrected chi connectivity index (χ0v) is 15.9. The van der Waals surface area contributed by atoms with E-state index in [0.717, 1.165) is 41.4 Å². The maximum absolute atomic E-state index is 5.22. The molecule has 0 aromatic heterocycles. The summed E-state index contributed by atoms with van der Waals surface area (Å²) in [7, 11) is 3.35. The van der Waals surface area contributed by atoms with E-state index >= 15 is 0 Å². The molecule has 0 heterocycles. The summed E-state index contributed by atoms with van der Waals surface area (Å²) in [6, 6.07) is 15.8. The Morgan fingerprint density at radius 1 is 0.846 bits per heavy atom. The number of hydrogen-bond donors (Lipinski definition) is 1. The van der Waals surface area contributed by atoms with Crippen molar-refractivity contribution in [3.05, 3.63) is 60.3 Å². The van der Waals surface area contributed by atoms with E-state index in [1.54, 1.807) is 14.2 Å². The number of anilines is 1. The van der Waals surface area contributed by atoms with Crippen molar-refractivity contribution in [1.82, 2.24) is 0 Å². The van der Waals surface area contributed by atoms with Crippen molar-refractivity contribution >= 4 is 17.1 Å². The van der Waals surface area contributed by atoms with Crippen molar-refractivity contribution < 1.29 is 9.47 Å². The Hall–Kier alpha value is -2.75. The Morgan fingerprint density at radius 2 is 1.42 bits per heavy atom. The average molecular weight is 350 g/mol. The highest BCUT2D eigenvalue weighted by atomic mass is 16.5. The van der Waals surface area contributed by atoms with E-state index in [1.165, 1.54) is 5.70 Å². The van der Waals surface area contributed by atoms with Gasteiger partial charge in [-0.3, -0.25) is 4.99 Å². The third kappa shape index (κ3) is 4.66. The molecule has 26 heavy (non-hydrogen) atoms. The lowest BCUT2D eigenvalue weighted by Gasteiger charge is -2.31. The quantitative estimate of drug-likeness (QED) is 0.764. The van der Waals surface area contributed by atoms with Crippen molar-refractivity contribution in [2.24, 2.45) is 10.4 Å². The Morgan fingerprint density at radius 3 is 2.00 bits per heavy atom. The SMILES string of the molecule is COc1ccc(N=C2C=C(Nc3ccc(OC)cc3)CC(C)(C)C2)cc1. The molecular formula is C22H26N2O2. The van der Waals surface area contributed by atoms with Crippen LogP contribution in [-0.2, 0) is 0 Å². The van der Waals surface area contributed by atoms with Gasteiger partial charge in [-0.2, -0.15) is 0 Å². The second kappa shape index (κ2) is 7.65. The molecule has 1 aliphatic carbocycles. The van der Waals surface area contributed by atoms with Gasteiger partial charge in [0.15, 0.2) is 0 Å².